The highest BCUT2D eigenvalue weighted by molar-refractivity contribution is 7.14. The van der Waals surface area contributed by atoms with Crippen molar-refractivity contribution in [1.29, 1.82) is 0 Å². The zero-order chi connectivity index (χ0) is 16.4. The van der Waals surface area contributed by atoms with Gasteiger partial charge in [-0.3, -0.25) is 19.8 Å². The molecule has 0 saturated carbocycles. The molecule has 0 aliphatic heterocycles. The average molecular weight is 327 g/mol. The summed E-state index contributed by atoms with van der Waals surface area (Å²) in [5.41, 5.74) is 3.15. The number of hydrogen-bond acceptors (Lipinski definition) is 5. The van der Waals surface area contributed by atoms with E-state index in [9.17, 15) is 4.79 Å². The van der Waals surface area contributed by atoms with E-state index in [1.165, 1.54) is 11.3 Å². The molecule has 0 aliphatic carbocycles. The highest BCUT2D eigenvalue weighted by atomic mass is 32.1. The number of thiazole rings is 1. The van der Waals surface area contributed by atoms with E-state index in [4.69, 9.17) is 0 Å². The highest BCUT2D eigenvalue weighted by Crippen LogP contribution is 2.24. The number of rotatable bonds is 4. The first-order valence-electron chi connectivity index (χ1n) is 7.28. The Bertz CT molecular complexity index is 822. The SMILES string of the molecule is Cc1cc(C(=O)Nc2nc(-c3ccncc3)cs2)nn1C(C)C. The summed E-state index contributed by atoms with van der Waals surface area (Å²) in [5.74, 6) is -0.247. The fourth-order valence-corrected chi connectivity index (χ4v) is 2.98. The van der Waals surface area contributed by atoms with Crippen molar-refractivity contribution in [2.45, 2.75) is 26.8 Å². The lowest BCUT2D eigenvalue weighted by atomic mass is 10.2. The van der Waals surface area contributed by atoms with Crippen LogP contribution in [0, 0.1) is 6.92 Å². The van der Waals surface area contributed by atoms with Crippen LogP contribution in [0.3, 0.4) is 0 Å². The van der Waals surface area contributed by atoms with Crippen molar-refractivity contribution in [3.8, 4) is 11.3 Å². The third kappa shape index (κ3) is 3.29. The van der Waals surface area contributed by atoms with Gasteiger partial charge in [-0.05, 0) is 39.0 Å². The van der Waals surface area contributed by atoms with Gasteiger partial charge in [0.15, 0.2) is 10.8 Å². The summed E-state index contributed by atoms with van der Waals surface area (Å²) in [4.78, 5) is 20.7. The first kappa shape index (κ1) is 15.4. The van der Waals surface area contributed by atoms with E-state index < -0.39 is 0 Å². The molecule has 6 nitrogen and oxygen atoms in total. The molecule has 3 rings (SSSR count). The molecule has 1 amide bonds. The number of nitrogens with zero attached hydrogens (tertiary/aromatic N) is 4. The van der Waals surface area contributed by atoms with E-state index in [-0.39, 0.29) is 11.9 Å². The zero-order valence-corrected chi connectivity index (χ0v) is 14.0. The Labute approximate surface area is 138 Å². The molecule has 0 atom stereocenters. The zero-order valence-electron chi connectivity index (χ0n) is 13.1. The van der Waals surface area contributed by atoms with E-state index in [0.29, 0.717) is 10.8 Å². The second-order valence-electron chi connectivity index (χ2n) is 5.44. The number of carbonyl (C=O) groups excluding carboxylic acids is 1. The molecule has 0 spiro atoms. The minimum Gasteiger partial charge on any atom is -0.296 e. The Morgan fingerprint density at radius 3 is 2.70 bits per heavy atom. The average Bonchev–Trinajstić information content (AvgIpc) is 3.15. The van der Waals surface area contributed by atoms with Gasteiger partial charge in [0.05, 0.1) is 5.69 Å². The highest BCUT2D eigenvalue weighted by Gasteiger charge is 2.15. The predicted molar refractivity (Wildman–Crippen MR) is 90.6 cm³/mol. The monoisotopic (exact) mass is 327 g/mol. The van der Waals surface area contributed by atoms with Crippen molar-refractivity contribution in [1.82, 2.24) is 19.7 Å². The summed E-state index contributed by atoms with van der Waals surface area (Å²) in [6.07, 6.45) is 3.43. The molecule has 3 aromatic heterocycles. The number of amides is 1. The summed E-state index contributed by atoms with van der Waals surface area (Å²) in [7, 11) is 0. The van der Waals surface area contributed by atoms with Crippen molar-refractivity contribution in [3.05, 3.63) is 47.4 Å². The smallest absolute Gasteiger partial charge is 0.277 e. The number of pyridine rings is 1. The topological polar surface area (TPSA) is 72.7 Å². The van der Waals surface area contributed by atoms with Gasteiger partial charge in [-0.1, -0.05) is 0 Å². The number of aryl methyl sites for hydroxylation is 1. The lowest BCUT2D eigenvalue weighted by Gasteiger charge is -2.06. The lowest BCUT2D eigenvalue weighted by Crippen LogP contribution is -2.13. The predicted octanol–water partition coefficient (Wildman–Crippen LogP) is 3.54. The fraction of sp³-hybridized carbons (Fsp3) is 0.250. The Kier molecular flexibility index (Phi) is 4.20. The van der Waals surface area contributed by atoms with E-state index in [2.05, 4.69) is 20.4 Å². The summed E-state index contributed by atoms with van der Waals surface area (Å²) in [5, 5.41) is 9.61. The number of anilines is 1. The van der Waals surface area contributed by atoms with Crippen LogP contribution in [0.1, 0.15) is 36.1 Å². The van der Waals surface area contributed by atoms with Crippen molar-refractivity contribution < 1.29 is 4.79 Å². The van der Waals surface area contributed by atoms with Crippen LogP contribution in [0.15, 0.2) is 36.0 Å². The molecule has 0 fully saturated rings. The number of aromatic nitrogens is 4. The van der Waals surface area contributed by atoms with Crippen LogP contribution in [0.5, 0.6) is 0 Å². The molecule has 3 heterocycles. The molecule has 3 aromatic rings. The summed E-state index contributed by atoms with van der Waals surface area (Å²) >= 11 is 1.39. The Morgan fingerprint density at radius 2 is 2.04 bits per heavy atom. The van der Waals surface area contributed by atoms with Crippen LogP contribution in [0.25, 0.3) is 11.3 Å². The molecule has 0 unspecified atom stereocenters. The molecule has 1 N–H and O–H groups in total. The van der Waals surface area contributed by atoms with Crippen molar-refractivity contribution in [2.24, 2.45) is 0 Å². The molecule has 7 heteroatoms. The van der Waals surface area contributed by atoms with Gasteiger partial charge in [0.1, 0.15) is 0 Å². The second-order valence-corrected chi connectivity index (χ2v) is 6.30. The maximum Gasteiger partial charge on any atom is 0.277 e. The minimum atomic E-state index is -0.247. The first-order valence-corrected chi connectivity index (χ1v) is 8.16. The van der Waals surface area contributed by atoms with Crippen LogP contribution in [0.2, 0.25) is 0 Å². The normalized spacial score (nSPS) is 11.0. The van der Waals surface area contributed by atoms with Crippen LogP contribution in [0.4, 0.5) is 5.13 Å². The molecule has 0 aliphatic rings. The Morgan fingerprint density at radius 1 is 1.30 bits per heavy atom. The first-order chi connectivity index (χ1) is 11.0. The van der Waals surface area contributed by atoms with E-state index in [1.54, 1.807) is 18.5 Å². The van der Waals surface area contributed by atoms with Gasteiger partial charge in [0, 0.05) is 35.1 Å². The quantitative estimate of drug-likeness (QED) is 0.795. The number of hydrogen-bond donors (Lipinski definition) is 1. The molecule has 0 saturated heterocycles. The maximum atomic E-state index is 12.3. The van der Waals surface area contributed by atoms with Gasteiger partial charge in [-0.25, -0.2) is 4.98 Å². The molecule has 23 heavy (non-hydrogen) atoms. The molecule has 0 aromatic carbocycles. The largest absolute Gasteiger partial charge is 0.296 e. The van der Waals surface area contributed by atoms with Gasteiger partial charge < -0.3 is 0 Å². The van der Waals surface area contributed by atoms with Crippen LogP contribution in [-0.2, 0) is 0 Å². The lowest BCUT2D eigenvalue weighted by molar-refractivity contribution is 0.102. The summed E-state index contributed by atoms with van der Waals surface area (Å²) in [6.45, 7) is 6.00. The van der Waals surface area contributed by atoms with E-state index in [1.807, 2.05) is 43.0 Å². The molecule has 118 valence electrons. The third-order valence-corrected chi connectivity index (χ3v) is 4.10. The van der Waals surface area contributed by atoms with E-state index in [0.717, 1.165) is 17.0 Å². The van der Waals surface area contributed by atoms with Gasteiger partial charge in [-0.2, -0.15) is 5.10 Å². The van der Waals surface area contributed by atoms with Gasteiger partial charge >= 0.3 is 0 Å². The second kappa shape index (κ2) is 6.29. The minimum absolute atomic E-state index is 0.217. The standard InChI is InChI=1S/C16H17N5OS/c1-10(2)21-11(3)8-13(20-21)15(22)19-16-18-14(9-23-16)12-4-6-17-7-5-12/h4-10H,1-3H3,(H,18,19,22). The van der Waals surface area contributed by atoms with Crippen LogP contribution < -0.4 is 5.32 Å². The van der Waals surface area contributed by atoms with Gasteiger partial charge in [0.2, 0.25) is 0 Å². The third-order valence-electron chi connectivity index (χ3n) is 3.34. The summed E-state index contributed by atoms with van der Waals surface area (Å²) in [6, 6.07) is 5.77. The molecular formula is C16H17N5OS. The fourth-order valence-electron chi connectivity index (χ4n) is 2.27. The summed E-state index contributed by atoms with van der Waals surface area (Å²) < 4.78 is 1.83. The van der Waals surface area contributed by atoms with Crippen LogP contribution >= 0.6 is 11.3 Å². The Hall–Kier alpha value is -2.54. The van der Waals surface area contributed by atoms with Crippen molar-refractivity contribution in [3.63, 3.8) is 0 Å². The van der Waals surface area contributed by atoms with Crippen molar-refractivity contribution in [2.75, 3.05) is 5.32 Å². The van der Waals surface area contributed by atoms with Gasteiger partial charge in [-0.15, -0.1) is 11.3 Å². The molecule has 0 bridgehead atoms. The molecule has 0 radical (unpaired) electrons. The van der Waals surface area contributed by atoms with Crippen LogP contribution in [-0.4, -0.2) is 25.7 Å². The molecular weight excluding hydrogens is 310 g/mol. The van der Waals surface area contributed by atoms with Gasteiger partial charge in [0.25, 0.3) is 5.91 Å². The number of carbonyl (C=O) groups is 1. The number of nitrogens with one attached hydrogen (secondary N) is 1. The Balaban J connectivity index is 1.76. The van der Waals surface area contributed by atoms with Crippen molar-refractivity contribution >= 4 is 22.4 Å². The van der Waals surface area contributed by atoms with E-state index >= 15 is 0 Å². The maximum absolute atomic E-state index is 12.3.